The molecule has 0 radical (unpaired) electrons. The van der Waals surface area contributed by atoms with Gasteiger partial charge in [-0.3, -0.25) is 0 Å². The molecule has 4 rings (SSSR count). The molecule has 0 atom stereocenters. The van der Waals surface area contributed by atoms with E-state index in [9.17, 15) is 9.90 Å². The van der Waals surface area contributed by atoms with Crippen LogP contribution in [0.3, 0.4) is 0 Å². The molecule has 0 saturated heterocycles. The van der Waals surface area contributed by atoms with Crippen molar-refractivity contribution in [3.63, 3.8) is 0 Å². The van der Waals surface area contributed by atoms with Crippen LogP contribution in [0.1, 0.15) is 32.7 Å². The number of benzene rings is 3. The first-order chi connectivity index (χ1) is 14.6. The third-order valence-corrected chi connectivity index (χ3v) is 4.77. The Hall–Kier alpha value is -4.10. The number of hydrogen-bond donors (Lipinski definition) is 1. The van der Waals surface area contributed by atoms with Crippen molar-refractivity contribution in [1.29, 1.82) is 0 Å². The lowest BCUT2D eigenvalue weighted by molar-refractivity contribution is 0.0690. The van der Waals surface area contributed by atoms with Gasteiger partial charge in [0.05, 0.1) is 0 Å². The highest BCUT2D eigenvalue weighted by molar-refractivity contribution is 5.97. The van der Waals surface area contributed by atoms with Crippen molar-refractivity contribution >= 4 is 16.9 Å². The Labute approximate surface area is 174 Å². The Kier molecular flexibility index (Phi) is 5.45. The second-order valence-corrected chi connectivity index (χ2v) is 6.81. The second kappa shape index (κ2) is 8.50. The van der Waals surface area contributed by atoms with Gasteiger partial charge >= 0.3 is 5.97 Å². The molecule has 1 heterocycles. The lowest BCUT2D eigenvalue weighted by Gasteiger charge is -2.13. The summed E-state index contributed by atoms with van der Waals surface area (Å²) in [7, 11) is 0. The van der Waals surface area contributed by atoms with Crippen LogP contribution in [0.15, 0.2) is 78.9 Å². The number of carboxylic acid groups (broad SMARTS) is 1. The van der Waals surface area contributed by atoms with E-state index in [4.69, 9.17) is 4.74 Å². The van der Waals surface area contributed by atoms with Crippen LogP contribution in [0.5, 0.6) is 5.75 Å². The Morgan fingerprint density at radius 3 is 2.33 bits per heavy atom. The molecule has 4 aromatic rings. The van der Waals surface area contributed by atoms with E-state index in [0.717, 1.165) is 16.5 Å². The highest BCUT2D eigenvalue weighted by Crippen LogP contribution is 2.30. The molecule has 0 saturated carbocycles. The summed E-state index contributed by atoms with van der Waals surface area (Å²) in [5.74, 6) is 5.73. The van der Waals surface area contributed by atoms with Crippen molar-refractivity contribution in [3.05, 3.63) is 107 Å². The third-order valence-electron chi connectivity index (χ3n) is 4.77. The third kappa shape index (κ3) is 4.01. The average Bonchev–Trinajstić information content (AvgIpc) is 2.78. The lowest BCUT2D eigenvalue weighted by Crippen LogP contribution is -2.07. The van der Waals surface area contributed by atoms with Crippen LogP contribution in [0.25, 0.3) is 10.9 Å². The molecule has 0 aliphatic heterocycles. The quantitative estimate of drug-likeness (QED) is 0.483. The minimum atomic E-state index is -1.09. The fraction of sp³-hybridized carbons (Fsp3) is 0.0769. The molecule has 0 amide bonds. The zero-order valence-corrected chi connectivity index (χ0v) is 16.4. The van der Waals surface area contributed by atoms with Crippen LogP contribution in [0, 0.1) is 18.8 Å². The monoisotopic (exact) mass is 393 g/mol. The van der Waals surface area contributed by atoms with Crippen LogP contribution in [0.4, 0.5) is 0 Å². The van der Waals surface area contributed by atoms with Gasteiger partial charge in [0.15, 0.2) is 5.69 Å². The van der Waals surface area contributed by atoms with Crippen LogP contribution in [-0.2, 0) is 6.61 Å². The molecular formula is C26H19NO3. The molecule has 0 bridgehead atoms. The number of ether oxygens (including phenoxy) is 1. The maximum Gasteiger partial charge on any atom is 0.354 e. The SMILES string of the molecule is Cc1c(C(=O)O)nc2c(OCc3ccccc3)cccc2c1C#Cc1ccccc1. The van der Waals surface area contributed by atoms with Gasteiger partial charge in [-0.1, -0.05) is 72.5 Å². The van der Waals surface area contributed by atoms with Gasteiger partial charge < -0.3 is 9.84 Å². The fourth-order valence-electron chi connectivity index (χ4n) is 3.23. The van der Waals surface area contributed by atoms with Crippen molar-refractivity contribution in [2.24, 2.45) is 0 Å². The van der Waals surface area contributed by atoms with E-state index < -0.39 is 5.97 Å². The van der Waals surface area contributed by atoms with E-state index in [1.54, 1.807) is 13.0 Å². The van der Waals surface area contributed by atoms with Gasteiger partial charge in [-0.25, -0.2) is 9.78 Å². The van der Waals surface area contributed by atoms with Crippen LogP contribution in [-0.4, -0.2) is 16.1 Å². The van der Waals surface area contributed by atoms with Crippen molar-refractivity contribution in [1.82, 2.24) is 4.98 Å². The number of nitrogens with zero attached hydrogens (tertiary/aromatic N) is 1. The van der Waals surface area contributed by atoms with E-state index in [-0.39, 0.29) is 5.69 Å². The van der Waals surface area contributed by atoms with E-state index in [0.29, 0.717) is 29.0 Å². The number of rotatable bonds is 4. The Morgan fingerprint density at radius 1 is 0.933 bits per heavy atom. The smallest absolute Gasteiger partial charge is 0.354 e. The normalized spacial score (nSPS) is 10.3. The number of pyridine rings is 1. The first-order valence-electron chi connectivity index (χ1n) is 9.54. The number of aromatic carboxylic acids is 1. The minimum Gasteiger partial charge on any atom is -0.487 e. The molecule has 0 unspecified atom stereocenters. The predicted molar refractivity (Wildman–Crippen MR) is 117 cm³/mol. The summed E-state index contributed by atoms with van der Waals surface area (Å²) >= 11 is 0. The molecule has 0 fully saturated rings. The topological polar surface area (TPSA) is 59.4 Å². The first-order valence-corrected chi connectivity index (χ1v) is 9.54. The summed E-state index contributed by atoms with van der Waals surface area (Å²) in [4.78, 5) is 16.2. The Morgan fingerprint density at radius 2 is 1.63 bits per heavy atom. The summed E-state index contributed by atoms with van der Waals surface area (Å²) in [5, 5.41) is 10.5. The first kappa shape index (κ1) is 19.2. The summed E-state index contributed by atoms with van der Waals surface area (Å²) < 4.78 is 5.99. The molecule has 0 spiro atoms. The maximum atomic E-state index is 11.8. The van der Waals surface area contributed by atoms with Gasteiger partial charge in [0.2, 0.25) is 0 Å². The zero-order valence-electron chi connectivity index (χ0n) is 16.4. The van der Waals surface area contributed by atoms with Crippen molar-refractivity contribution in [3.8, 4) is 17.6 Å². The molecule has 0 aliphatic rings. The average molecular weight is 393 g/mol. The number of carboxylic acids is 1. The Balaban J connectivity index is 1.83. The largest absolute Gasteiger partial charge is 0.487 e. The number of para-hydroxylation sites is 1. The molecule has 4 nitrogen and oxygen atoms in total. The Bertz CT molecular complexity index is 1270. The van der Waals surface area contributed by atoms with E-state index in [1.807, 2.05) is 72.8 Å². The number of fused-ring (bicyclic) bond motifs is 1. The molecule has 0 aliphatic carbocycles. The zero-order chi connectivity index (χ0) is 20.9. The molecule has 1 aromatic heterocycles. The lowest BCUT2D eigenvalue weighted by atomic mass is 10.0. The van der Waals surface area contributed by atoms with E-state index >= 15 is 0 Å². The number of carbonyl (C=O) groups is 1. The van der Waals surface area contributed by atoms with Crippen LogP contribution < -0.4 is 4.74 Å². The molecule has 3 aromatic carbocycles. The minimum absolute atomic E-state index is 0.0179. The van der Waals surface area contributed by atoms with Crippen molar-refractivity contribution in [2.45, 2.75) is 13.5 Å². The highest BCUT2D eigenvalue weighted by atomic mass is 16.5. The van der Waals surface area contributed by atoms with Crippen molar-refractivity contribution in [2.75, 3.05) is 0 Å². The van der Waals surface area contributed by atoms with Crippen LogP contribution in [0.2, 0.25) is 0 Å². The van der Waals surface area contributed by atoms with Gasteiger partial charge in [-0.2, -0.15) is 0 Å². The van der Waals surface area contributed by atoms with Gasteiger partial charge in [0, 0.05) is 16.5 Å². The van der Waals surface area contributed by atoms with Crippen molar-refractivity contribution < 1.29 is 14.6 Å². The van der Waals surface area contributed by atoms with Gasteiger partial charge in [-0.15, -0.1) is 0 Å². The molecule has 146 valence electrons. The van der Waals surface area contributed by atoms with Gasteiger partial charge in [0.1, 0.15) is 17.9 Å². The molecule has 4 heteroatoms. The molecule has 1 N–H and O–H groups in total. The highest BCUT2D eigenvalue weighted by Gasteiger charge is 2.18. The number of hydrogen-bond acceptors (Lipinski definition) is 3. The summed E-state index contributed by atoms with van der Waals surface area (Å²) in [6.07, 6.45) is 0. The number of aromatic nitrogens is 1. The summed E-state index contributed by atoms with van der Waals surface area (Å²) in [5.41, 5.74) is 3.54. The van der Waals surface area contributed by atoms with E-state index in [2.05, 4.69) is 16.8 Å². The summed E-state index contributed by atoms with van der Waals surface area (Å²) in [6, 6.07) is 24.9. The fourth-order valence-corrected chi connectivity index (χ4v) is 3.23. The maximum absolute atomic E-state index is 11.8. The summed E-state index contributed by atoms with van der Waals surface area (Å²) in [6.45, 7) is 2.10. The predicted octanol–water partition coefficient (Wildman–Crippen LogP) is 5.22. The van der Waals surface area contributed by atoms with Gasteiger partial charge in [-0.05, 0) is 36.2 Å². The van der Waals surface area contributed by atoms with E-state index in [1.165, 1.54) is 0 Å². The standard InChI is InChI=1S/C26H19NO3/c1-18-21(16-15-19-9-4-2-5-10-19)22-13-8-14-23(25(22)27-24(18)26(28)29)30-17-20-11-6-3-7-12-20/h2-14H,17H2,1H3,(H,28,29). The van der Waals surface area contributed by atoms with Crippen LogP contribution >= 0.6 is 0 Å². The molecular weight excluding hydrogens is 374 g/mol. The molecule has 30 heavy (non-hydrogen) atoms. The second-order valence-electron chi connectivity index (χ2n) is 6.81. The van der Waals surface area contributed by atoms with Gasteiger partial charge in [0.25, 0.3) is 0 Å².